The Morgan fingerprint density at radius 1 is 0.880 bits per heavy atom. The van der Waals surface area contributed by atoms with E-state index in [0.717, 1.165) is 22.5 Å². The van der Waals surface area contributed by atoms with Gasteiger partial charge in [-0.25, -0.2) is 0 Å². The van der Waals surface area contributed by atoms with Gasteiger partial charge in [-0.3, -0.25) is 9.69 Å². The summed E-state index contributed by atoms with van der Waals surface area (Å²) < 4.78 is 0. The first kappa shape index (κ1) is 15.3. The number of fused-ring (bicyclic) bond motifs is 5. The van der Waals surface area contributed by atoms with Crippen LogP contribution in [0.25, 0.3) is 22.5 Å². The maximum Gasteiger partial charge on any atom is 0.232 e. The van der Waals surface area contributed by atoms with Gasteiger partial charge in [-0.05, 0) is 19.1 Å². The van der Waals surface area contributed by atoms with Gasteiger partial charge in [0.2, 0.25) is 5.91 Å². The van der Waals surface area contributed by atoms with E-state index in [1.54, 1.807) is 4.90 Å². The quantitative estimate of drug-likeness (QED) is 0.796. The highest BCUT2D eigenvalue weighted by molar-refractivity contribution is 6.10. The van der Waals surface area contributed by atoms with Crippen molar-refractivity contribution in [1.29, 1.82) is 0 Å². The molecule has 25 heavy (non-hydrogen) atoms. The van der Waals surface area contributed by atoms with Gasteiger partial charge in [0, 0.05) is 24.0 Å². The zero-order chi connectivity index (χ0) is 17.4. The van der Waals surface area contributed by atoms with E-state index in [9.17, 15) is 9.59 Å². The molecule has 2 heterocycles. The van der Waals surface area contributed by atoms with Crippen LogP contribution in [0.15, 0.2) is 48.5 Å². The summed E-state index contributed by atoms with van der Waals surface area (Å²) in [5, 5.41) is 11.3. The van der Waals surface area contributed by atoms with Crippen molar-refractivity contribution in [1.82, 2.24) is 15.4 Å². The third-order valence-corrected chi connectivity index (χ3v) is 4.29. The molecule has 0 atom stereocenters. The van der Waals surface area contributed by atoms with Gasteiger partial charge in [0.15, 0.2) is 0 Å². The number of carbonyl (C=O) groups is 2. The number of nitrogens with one attached hydrogen (secondary N) is 1. The van der Waals surface area contributed by atoms with Crippen LogP contribution in [0.2, 0.25) is 0 Å². The fourth-order valence-corrected chi connectivity index (χ4v) is 3.14. The van der Waals surface area contributed by atoms with Crippen molar-refractivity contribution in [2.45, 2.75) is 19.8 Å². The van der Waals surface area contributed by atoms with Gasteiger partial charge >= 0.3 is 0 Å². The van der Waals surface area contributed by atoms with Crippen molar-refractivity contribution in [3.05, 3.63) is 48.5 Å². The second-order valence-electron chi connectivity index (χ2n) is 5.99. The normalized spacial score (nSPS) is 12.0. The monoisotopic (exact) mass is 332 g/mol. The Balaban J connectivity index is 1.94. The highest BCUT2D eigenvalue weighted by Crippen LogP contribution is 2.45. The van der Waals surface area contributed by atoms with E-state index in [4.69, 9.17) is 0 Å². The summed E-state index contributed by atoms with van der Waals surface area (Å²) in [6.07, 6.45) is 0.387. The minimum Gasteiger partial charge on any atom is -0.300 e. The van der Waals surface area contributed by atoms with Crippen LogP contribution in [0.3, 0.4) is 0 Å². The lowest BCUT2D eigenvalue weighted by atomic mass is 10.1. The lowest BCUT2D eigenvalue weighted by Crippen LogP contribution is -2.26. The van der Waals surface area contributed by atoms with Crippen LogP contribution < -0.4 is 4.90 Å². The van der Waals surface area contributed by atoms with E-state index < -0.39 is 0 Å². The predicted octanol–water partition coefficient (Wildman–Crippen LogP) is 3.49. The molecule has 0 unspecified atom stereocenters. The summed E-state index contributed by atoms with van der Waals surface area (Å²) in [5.74, 6) is -0.121. The SMILES string of the molecule is CC(=O)CCC(=O)N1c2ccccc2-c2n[nH]nc2-c2ccccc21. The number of hydrogen-bond donors (Lipinski definition) is 1. The molecule has 0 bridgehead atoms. The van der Waals surface area contributed by atoms with Gasteiger partial charge in [0.05, 0.1) is 11.4 Å². The van der Waals surface area contributed by atoms with Crippen molar-refractivity contribution < 1.29 is 9.59 Å². The van der Waals surface area contributed by atoms with E-state index in [1.165, 1.54) is 6.92 Å². The van der Waals surface area contributed by atoms with Crippen LogP contribution in [-0.4, -0.2) is 27.1 Å². The Morgan fingerprint density at radius 2 is 1.40 bits per heavy atom. The molecule has 0 spiro atoms. The molecule has 0 saturated carbocycles. The number of amides is 1. The highest BCUT2D eigenvalue weighted by Gasteiger charge is 2.30. The minimum absolute atomic E-state index is 0.000406. The van der Waals surface area contributed by atoms with Gasteiger partial charge in [-0.15, -0.1) is 0 Å². The van der Waals surface area contributed by atoms with Crippen LogP contribution in [0.4, 0.5) is 11.4 Å². The van der Waals surface area contributed by atoms with Gasteiger partial charge in [-0.1, -0.05) is 36.4 Å². The Bertz CT molecular complexity index is 915. The molecule has 0 fully saturated rings. The van der Waals surface area contributed by atoms with Crippen molar-refractivity contribution >= 4 is 23.1 Å². The number of ketones is 1. The number of para-hydroxylation sites is 2. The molecular weight excluding hydrogens is 316 g/mol. The Labute approximate surface area is 144 Å². The predicted molar refractivity (Wildman–Crippen MR) is 94.3 cm³/mol. The Morgan fingerprint density at radius 3 is 1.92 bits per heavy atom. The molecule has 0 saturated heterocycles. The second kappa shape index (κ2) is 5.98. The number of hydrogen-bond acceptors (Lipinski definition) is 4. The van der Waals surface area contributed by atoms with Gasteiger partial charge in [0.25, 0.3) is 0 Å². The smallest absolute Gasteiger partial charge is 0.232 e. The van der Waals surface area contributed by atoms with Crippen molar-refractivity contribution in [3.63, 3.8) is 0 Å². The molecular formula is C19H16N4O2. The average Bonchev–Trinajstić information content (AvgIpc) is 3.06. The Kier molecular flexibility index (Phi) is 3.65. The largest absolute Gasteiger partial charge is 0.300 e. The first-order chi connectivity index (χ1) is 12.2. The molecule has 124 valence electrons. The number of anilines is 2. The summed E-state index contributed by atoms with van der Waals surface area (Å²) in [7, 11) is 0. The molecule has 0 radical (unpaired) electrons. The standard InChI is InChI=1S/C19H16N4O2/c1-12(24)10-11-17(25)23-15-8-4-2-6-13(15)18-19(21-22-20-18)14-7-3-5-9-16(14)23/h2-9H,10-11H2,1H3,(H,20,21,22). The summed E-state index contributed by atoms with van der Waals surface area (Å²) >= 11 is 0. The minimum atomic E-state index is -0.121. The van der Waals surface area contributed by atoms with Crippen LogP contribution in [-0.2, 0) is 9.59 Å². The number of nitrogens with zero attached hydrogens (tertiary/aromatic N) is 3. The van der Waals surface area contributed by atoms with Gasteiger partial charge in [0.1, 0.15) is 17.2 Å². The molecule has 0 aliphatic carbocycles. The lowest BCUT2D eigenvalue weighted by Gasteiger charge is -2.24. The first-order valence-electron chi connectivity index (χ1n) is 8.09. The summed E-state index contributed by atoms with van der Waals surface area (Å²) in [6, 6.07) is 15.2. The average molecular weight is 332 g/mol. The summed E-state index contributed by atoms with van der Waals surface area (Å²) in [4.78, 5) is 26.0. The van der Waals surface area contributed by atoms with E-state index in [-0.39, 0.29) is 24.5 Å². The molecule has 1 aliphatic rings. The molecule has 1 aromatic heterocycles. The van der Waals surface area contributed by atoms with Crippen LogP contribution in [0.5, 0.6) is 0 Å². The number of Topliss-reactive ketones (excluding diaryl/α,β-unsaturated/α-hetero) is 1. The molecule has 1 N–H and O–H groups in total. The zero-order valence-corrected chi connectivity index (χ0v) is 13.7. The maximum absolute atomic E-state index is 13.0. The number of aromatic nitrogens is 3. The summed E-state index contributed by atoms with van der Waals surface area (Å²) in [5.41, 5.74) is 4.58. The number of carbonyl (C=O) groups excluding carboxylic acids is 2. The molecule has 6 nitrogen and oxygen atoms in total. The number of H-pyrrole nitrogens is 1. The van der Waals surface area contributed by atoms with Crippen molar-refractivity contribution in [2.75, 3.05) is 4.90 Å². The highest BCUT2D eigenvalue weighted by atomic mass is 16.2. The number of aromatic amines is 1. The van der Waals surface area contributed by atoms with E-state index >= 15 is 0 Å². The number of rotatable bonds is 3. The Hall–Kier alpha value is -3.28. The van der Waals surface area contributed by atoms with Crippen molar-refractivity contribution in [2.24, 2.45) is 0 Å². The van der Waals surface area contributed by atoms with Gasteiger partial charge < -0.3 is 4.79 Å². The maximum atomic E-state index is 13.0. The fourth-order valence-electron chi connectivity index (χ4n) is 3.14. The third kappa shape index (κ3) is 2.52. The summed E-state index contributed by atoms with van der Waals surface area (Å²) in [6.45, 7) is 1.50. The first-order valence-corrected chi connectivity index (χ1v) is 8.09. The van der Waals surface area contributed by atoms with Crippen LogP contribution >= 0.6 is 0 Å². The third-order valence-electron chi connectivity index (χ3n) is 4.29. The lowest BCUT2D eigenvalue weighted by molar-refractivity contribution is -0.122. The van der Waals surface area contributed by atoms with Crippen LogP contribution in [0, 0.1) is 0 Å². The molecule has 4 rings (SSSR count). The van der Waals surface area contributed by atoms with E-state index in [2.05, 4.69) is 15.4 Å². The zero-order valence-electron chi connectivity index (χ0n) is 13.7. The molecule has 6 heteroatoms. The van der Waals surface area contributed by atoms with Crippen LogP contribution in [0.1, 0.15) is 19.8 Å². The molecule has 3 aromatic rings. The molecule has 1 amide bonds. The van der Waals surface area contributed by atoms with E-state index in [1.807, 2.05) is 48.5 Å². The number of benzene rings is 2. The topological polar surface area (TPSA) is 79.0 Å². The van der Waals surface area contributed by atoms with E-state index in [0.29, 0.717) is 11.4 Å². The van der Waals surface area contributed by atoms with Gasteiger partial charge in [-0.2, -0.15) is 15.4 Å². The molecule has 1 aliphatic heterocycles. The fraction of sp³-hybridized carbons (Fsp3) is 0.158. The molecule has 2 aromatic carbocycles. The second-order valence-corrected chi connectivity index (χ2v) is 5.99. The van der Waals surface area contributed by atoms with Crippen molar-refractivity contribution in [3.8, 4) is 22.5 Å².